The summed E-state index contributed by atoms with van der Waals surface area (Å²) in [5, 5.41) is 5.85. The van der Waals surface area contributed by atoms with Crippen molar-refractivity contribution in [2.45, 2.75) is 58.5 Å². The van der Waals surface area contributed by atoms with Gasteiger partial charge in [0.2, 0.25) is 10.0 Å². The van der Waals surface area contributed by atoms with E-state index in [1.807, 2.05) is 31.2 Å². The highest BCUT2D eigenvalue weighted by Gasteiger charge is 2.72. The fourth-order valence-electron chi connectivity index (χ4n) is 6.61. The van der Waals surface area contributed by atoms with Crippen LogP contribution in [0.15, 0.2) is 29.4 Å². The summed E-state index contributed by atoms with van der Waals surface area (Å²) < 4.78 is 32.7. The number of benzene rings is 1. The number of rotatable bonds is 3. The highest BCUT2D eigenvalue weighted by molar-refractivity contribution is 7.90. The van der Waals surface area contributed by atoms with Crippen LogP contribution in [0.4, 0.5) is 5.69 Å². The molecule has 5 rings (SSSR count). The van der Waals surface area contributed by atoms with Crippen LogP contribution in [0.5, 0.6) is 0 Å². The molecule has 4 atom stereocenters. The van der Waals surface area contributed by atoms with E-state index in [1.54, 1.807) is 0 Å². The first-order valence-corrected chi connectivity index (χ1v) is 12.7. The Labute approximate surface area is 188 Å². The summed E-state index contributed by atoms with van der Waals surface area (Å²) in [6.07, 6.45) is 2.56. The number of hydrogen-bond acceptors (Lipinski definition) is 7. The second-order valence-electron chi connectivity index (χ2n) is 10.2. The van der Waals surface area contributed by atoms with Gasteiger partial charge in [-0.05, 0) is 49.7 Å². The highest BCUT2D eigenvalue weighted by atomic mass is 32.2. The average molecular weight is 460 g/mol. The van der Waals surface area contributed by atoms with Crippen molar-refractivity contribution in [1.29, 1.82) is 0 Å². The molecule has 2 aliphatic heterocycles. The number of sulfonamides is 1. The maximum absolute atomic E-state index is 13.9. The molecule has 2 heterocycles. The van der Waals surface area contributed by atoms with Crippen molar-refractivity contribution in [1.82, 2.24) is 4.31 Å². The maximum atomic E-state index is 13.9. The Morgan fingerprint density at radius 3 is 2.50 bits per heavy atom. The van der Waals surface area contributed by atoms with Crippen LogP contribution >= 0.6 is 0 Å². The van der Waals surface area contributed by atoms with E-state index in [1.165, 1.54) is 12.1 Å². The number of hydrogen-bond donors (Lipinski definition) is 0. The molecule has 2 bridgehead atoms. The van der Waals surface area contributed by atoms with Gasteiger partial charge in [0.25, 0.3) is 5.91 Å². The molecule has 1 aromatic carbocycles. The van der Waals surface area contributed by atoms with Crippen LogP contribution in [0.2, 0.25) is 0 Å². The van der Waals surface area contributed by atoms with Crippen molar-refractivity contribution in [3.63, 3.8) is 0 Å². The predicted octanol–water partition coefficient (Wildman–Crippen LogP) is 2.47. The lowest BCUT2D eigenvalue weighted by molar-refractivity contribution is -0.132. The average Bonchev–Trinajstić information content (AvgIpc) is 3.40. The van der Waals surface area contributed by atoms with Gasteiger partial charge < -0.3 is 4.74 Å². The minimum absolute atomic E-state index is 0.0118. The molecule has 1 saturated heterocycles. The summed E-state index contributed by atoms with van der Waals surface area (Å²) in [5.41, 5.74) is 1.27. The molecule has 0 N–H and O–H groups in total. The molecule has 1 amide bonds. The number of fused-ring (bicyclic) bond motifs is 1. The predicted molar refractivity (Wildman–Crippen MR) is 119 cm³/mol. The van der Waals surface area contributed by atoms with Crippen LogP contribution in [-0.4, -0.2) is 55.3 Å². The summed E-state index contributed by atoms with van der Waals surface area (Å²) in [6, 6.07) is 6.19. The van der Waals surface area contributed by atoms with Gasteiger partial charge in [-0.25, -0.2) is 17.5 Å². The first kappa shape index (κ1) is 21.4. The van der Waals surface area contributed by atoms with Gasteiger partial charge >= 0.3 is 5.97 Å². The summed E-state index contributed by atoms with van der Waals surface area (Å²) in [5.74, 6) is -0.684. The third-order valence-corrected chi connectivity index (χ3v) is 10.5. The van der Waals surface area contributed by atoms with E-state index >= 15 is 0 Å². The second kappa shape index (κ2) is 6.79. The van der Waals surface area contributed by atoms with Gasteiger partial charge in [-0.15, -0.1) is 0 Å². The zero-order valence-corrected chi connectivity index (χ0v) is 19.7. The molecule has 2 aliphatic carbocycles. The SMILES string of the molecule is COC(=O)C1=NN(c2ccc(C)cc2)[C@H](C(=O)N2[C@@H]3C[C@H]4CC[C@]3(CS2(=O)=O)C4(C)C)C1. The third kappa shape index (κ3) is 2.72. The lowest BCUT2D eigenvalue weighted by atomic mass is 9.69. The van der Waals surface area contributed by atoms with E-state index in [4.69, 9.17) is 4.74 Å². The van der Waals surface area contributed by atoms with Crippen LogP contribution in [0, 0.1) is 23.7 Å². The number of carbonyl (C=O) groups is 2. The van der Waals surface area contributed by atoms with Gasteiger partial charge in [0.05, 0.1) is 24.6 Å². The number of amides is 1. The van der Waals surface area contributed by atoms with E-state index in [2.05, 4.69) is 18.9 Å². The normalized spacial score (nSPS) is 33.9. The van der Waals surface area contributed by atoms with Gasteiger partial charge in [-0.3, -0.25) is 9.80 Å². The number of esters is 1. The number of aryl methyl sites for hydroxylation is 1. The first-order valence-electron chi connectivity index (χ1n) is 11.1. The molecule has 1 spiro atoms. The van der Waals surface area contributed by atoms with Crippen LogP contribution in [0.25, 0.3) is 0 Å². The number of anilines is 1. The van der Waals surface area contributed by atoms with Gasteiger partial charge in [-0.1, -0.05) is 31.5 Å². The number of carbonyl (C=O) groups excluding carboxylic acids is 2. The van der Waals surface area contributed by atoms with Crippen molar-refractivity contribution in [2.75, 3.05) is 17.9 Å². The summed E-state index contributed by atoms with van der Waals surface area (Å²) in [7, 11) is -2.50. The van der Waals surface area contributed by atoms with E-state index in [-0.39, 0.29) is 29.3 Å². The van der Waals surface area contributed by atoms with E-state index in [9.17, 15) is 18.0 Å². The number of ether oxygens (including phenoxy) is 1. The van der Waals surface area contributed by atoms with E-state index in [0.717, 1.165) is 22.7 Å². The lowest BCUT2D eigenvalue weighted by Gasteiger charge is -2.37. The summed E-state index contributed by atoms with van der Waals surface area (Å²) >= 11 is 0. The molecule has 3 fully saturated rings. The van der Waals surface area contributed by atoms with E-state index < -0.39 is 33.4 Å². The number of nitrogens with zero attached hydrogens (tertiary/aromatic N) is 3. The van der Waals surface area contributed by atoms with Crippen molar-refractivity contribution in [3.8, 4) is 0 Å². The lowest BCUT2D eigenvalue weighted by Crippen LogP contribution is -2.51. The quantitative estimate of drug-likeness (QED) is 0.645. The molecule has 172 valence electrons. The van der Waals surface area contributed by atoms with E-state index in [0.29, 0.717) is 18.0 Å². The van der Waals surface area contributed by atoms with Crippen molar-refractivity contribution < 1.29 is 22.7 Å². The Hall–Kier alpha value is -2.42. The van der Waals surface area contributed by atoms with Gasteiger partial charge in [-0.2, -0.15) is 5.10 Å². The molecule has 2 saturated carbocycles. The molecule has 9 heteroatoms. The maximum Gasteiger partial charge on any atom is 0.354 e. The molecule has 0 unspecified atom stereocenters. The van der Waals surface area contributed by atoms with Gasteiger partial charge in [0.15, 0.2) is 0 Å². The van der Waals surface area contributed by atoms with Crippen LogP contribution < -0.4 is 5.01 Å². The molecule has 0 radical (unpaired) electrons. The van der Waals surface area contributed by atoms with Crippen LogP contribution in [0.1, 0.15) is 45.1 Å². The standard InChI is InChI=1S/C23H29N3O5S/c1-14-5-7-16(8-6-14)25-18(12-17(24-25)21(28)31-4)20(27)26-19-11-15-9-10-23(19,22(15,2)3)13-32(26,29)30/h5-8,15,18-19H,9-13H2,1-4H3/t15-,18+,19-,23-/m1/s1. The Morgan fingerprint density at radius 2 is 1.88 bits per heavy atom. The number of methoxy groups -OCH3 is 1. The monoisotopic (exact) mass is 459 g/mol. The minimum Gasteiger partial charge on any atom is -0.464 e. The Kier molecular flexibility index (Phi) is 4.55. The molecular formula is C23H29N3O5S. The molecule has 1 aromatic rings. The molecule has 8 nitrogen and oxygen atoms in total. The van der Waals surface area contributed by atoms with Crippen molar-refractivity contribution in [2.24, 2.45) is 21.8 Å². The minimum atomic E-state index is -3.76. The number of hydrazone groups is 1. The Bertz CT molecular complexity index is 1130. The summed E-state index contributed by atoms with van der Waals surface area (Å²) in [4.78, 5) is 26.1. The van der Waals surface area contributed by atoms with Gasteiger partial charge in [0.1, 0.15) is 11.8 Å². The first-order chi connectivity index (χ1) is 15.0. The summed E-state index contributed by atoms with van der Waals surface area (Å²) in [6.45, 7) is 6.26. The second-order valence-corrected chi connectivity index (χ2v) is 12.0. The third-order valence-electron chi connectivity index (χ3n) is 8.54. The fourth-order valence-corrected chi connectivity index (χ4v) is 9.18. The molecular weight excluding hydrogens is 430 g/mol. The van der Waals surface area contributed by atoms with Crippen molar-refractivity contribution in [3.05, 3.63) is 29.8 Å². The Morgan fingerprint density at radius 1 is 1.19 bits per heavy atom. The Balaban J connectivity index is 1.53. The van der Waals surface area contributed by atoms with Crippen molar-refractivity contribution >= 4 is 33.3 Å². The zero-order chi connectivity index (χ0) is 23.1. The highest BCUT2D eigenvalue weighted by Crippen LogP contribution is 2.70. The largest absolute Gasteiger partial charge is 0.464 e. The molecule has 0 aromatic heterocycles. The fraction of sp³-hybridized carbons (Fsp3) is 0.609. The zero-order valence-electron chi connectivity index (χ0n) is 18.9. The molecule has 32 heavy (non-hydrogen) atoms. The smallest absolute Gasteiger partial charge is 0.354 e. The van der Waals surface area contributed by atoms with Gasteiger partial charge in [0, 0.05) is 11.8 Å². The topological polar surface area (TPSA) is 96.3 Å². The van der Waals surface area contributed by atoms with Crippen LogP contribution in [-0.2, 0) is 24.3 Å². The van der Waals surface area contributed by atoms with Crippen LogP contribution in [0.3, 0.4) is 0 Å². The molecule has 4 aliphatic rings.